The summed E-state index contributed by atoms with van der Waals surface area (Å²) >= 11 is 0. The van der Waals surface area contributed by atoms with Crippen LogP contribution in [0.1, 0.15) is 39.0 Å². The van der Waals surface area contributed by atoms with E-state index < -0.39 is 0 Å². The van der Waals surface area contributed by atoms with Crippen LogP contribution < -0.4 is 0 Å². The van der Waals surface area contributed by atoms with E-state index in [1.807, 2.05) is 0 Å². The maximum Gasteiger partial charge on any atom is 0.246 e. The van der Waals surface area contributed by atoms with Gasteiger partial charge in [0, 0.05) is 20.2 Å². The average molecular weight is 298 g/mol. The molecule has 0 unspecified atom stereocenters. The molecule has 6 nitrogen and oxygen atoms in total. The van der Waals surface area contributed by atoms with E-state index in [-0.39, 0.29) is 30.6 Å². The molecule has 2 aliphatic rings. The van der Waals surface area contributed by atoms with Crippen LogP contribution in [0, 0.1) is 0 Å². The summed E-state index contributed by atoms with van der Waals surface area (Å²) in [6, 6.07) is -0.321. The lowest BCUT2D eigenvalue weighted by molar-refractivity contribution is -0.165. The van der Waals surface area contributed by atoms with Crippen molar-refractivity contribution in [3.05, 3.63) is 0 Å². The fraction of sp³-hybridized carbons (Fsp3) is 0.867. The summed E-state index contributed by atoms with van der Waals surface area (Å²) < 4.78 is 11.3. The van der Waals surface area contributed by atoms with Crippen LogP contribution in [0.15, 0.2) is 0 Å². The first-order valence-corrected chi connectivity index (χ1v) is 7.91. The van der Waals surface area contributed by atoms with Gasteiger partial charge < -0.3 is 9.47 Å². The van der Waals surface area contributed by atoms with Crippen LogP contribution in [0.4, 0.5) is 0 Å². The van der Waals surface area contributed by atoms with E-state index >= 15 is 0 Å². The number of nitrogens with zero attached hydrogens (tertiary/aromatic N) is 2. The summed E-state index contributed by atoms with van der Waals surface area (Å²) in [6.07, 6.45) is 4.32. The molecule has 0 radical (unpaired) electrons. The van der Waals surface area contributed by atoms with E-state index in [2.05, 4.69) is 11.8 Å². The second-order valence-electron chi connectivity index (χ2n) is 5.71. The number of imide groups is 1. The third kappa shape index (κ3) is 4.25. The van der Waals surface area contributed by atoms with E-state index in [0.29, 0.717) is 13.2 Å². The molecule has 0 aromatic rings. The topological polar surface area (TPSA) is 59.1 Å². The molecular formula is C15H26N2O4. The highest BCUT2D eigenvalue weighted by Crippen LogP contribution is 2.18. The minimum absolute atomic E-state index is 0.0948. The summed E-state index contributed by atoms with van der Waals surface area (Å²) in [5.41, 5.74) is 0. The van der Waals surface area contributed by atoms with Crippen molar-refractivity contribution in [2.24, 2.45) is 0 Å². The van der Waals surface area contributed by atoms with Gasteiger partial charge in [0.1, 0.15) is 0 Å². The lowest BCUT2D eigenvalue weighted by Crippen LogP contribution is -2.43. The van der Waals surface area contributed by atoms with Gasteiger partial charge in [-0.2, -0.15) is 0 Å². The number of carbonyl (C=O) groups is 2. The number of amides is 2. The van der Waals surface area contributed by atoms with Crippen LogP contribution >= 0.6 is 0 Å². The average Bonchev–Trinajstić information content (AvgIpc) is 2.75. The lowest BCUT2D eigenvalue weighted by Gasteiger charge is -2.28. The van der Waals surface area contributed by atoms with Crippen molar-refractivity contribution < 1.29 is 19.1 Å². The van der Waals surface area contributed by atoms with Gasteiger partial charge in [0.25, 0.3) is 0 Å². The van der Waals surface area contributed by atoms with Crippen molar-refractivity contribution in [3.8, 4) is 0 Å². The smallest absolute Gasteiger partial charge is 0.246 e. The molecule has 0 N–H and O–H groups in total. The zero-order valence-electron chi connectivity index (χ0n) is 13.0. The molecule has 2 amide bonds. The van der Waals surface area contributed by atoms with Gasteiger partial charge in [-0.3, -0.25) is 19.4 Å². The fourth-order valence-corrected chi connectivity index (χ4v) is 2.88. The summed E-state index contributed by atoms with van der Waals surface area (Å²) in [5, 5.41) is 0. The maximum atomic E-state index is 12.1. The Bertz CT molecular complexity index is 369. The zero-order chi connectivity index (χ0) is 15.2. The third-order valence-electron chi connectivity index (χ3n) is 4.13. The Labute approximate surface area is 126 Å². The standard InChI is InChI=1S/C15H26N2O4/c1-3-7-17(12-11-13(18)16(2)15(12)19)8-10-21-14-6-4-5-9-20-14/h12,14H,3-11H2,1-2H3/t12-,14+/m0/s1. The molecule has 0 aromatic carbocycles. The van der Waals surface area contributed by atoms with E-state index in [1.165, 1.54) is 4.90 Å². The van der Waals surface area contributed by atoms with Crippen molar-refractivity contribution in [3.63, 3.8) is 0 Å². The highest BCUT2D eigenvalue weighted by molar-refractivity contribution is 6.05. The monoisotopic (exact) mass is 298 g/mol. The van der Waals surface area contributed by atoms with E-state index in [1.54, 1.807) is 7.05 Å². The molecule has 2 heterocycles. The van der Waals surface area contributed by atoms with E-state index in [0.717, 1.165) is 38.8 Å². The van der Waals surface area contributed by atoms with Gasteiger partial charge in [0.05, 0.1) is 19.1 Å². The molecule has 0 saturated carbocycles. The molecule has 2 aliphatic heterocycles. The second-order valence-corrected chi connectivity index (χ2v) is 5.71. The molecule has 120 valence electrons. The first-order valence-electron chi connectivity index (χ1n) is 7.91. The molecule has 0 aromatic heterocycles. The normalized spacial score (nSPS) is 26.9. The van der Waals surface area contributed by atoms with Crippen LogP contribution in [0.2, 0.25) is 0 Å². The number of likely N-dealkylation sites (tertiary alicyclic amines) is 1. The molecule has 0 aliphatic carbocycles. The molecule has 21 heavy (non-hydrogen) atoms. The van der Waals surface area contributed by atoms with Crippen LogP contribution in [0.25, 0.3) is 0 Å². The van der Waals surface area contributed by atoms with Gasteiger partial charge >= 0.3 is 0 Å². The van der Waals surface area contributed by atoms with Crippen molar-refractivity contribution in [1.29, 1.82) is 0 Å². The molecule has 2 saturated heterocycles. The van der Waals surface area contributed by atoms with Gasteiger partial charge in [-0.25, -0.2) is 0 Å². The van der Waals surface area contributed by atoms with Gasteiger partial charge in [0.15, 0.2) is 6.29 Å². The highest BCUT2D eigenvalue weighted by Gasteiger charge is 2.39. The molecule has 0 spiro atoms. The van der Waals surface area contributed by atoms with Crippen molar-refractivity contribution in [2.45, 2.75) is 51.4 Å². The van der Waals surface area contributed by atoms with Crippen LogP contribution in [-0.4, -0.2) is 67.3 Å². The number of ether oxygens (including phenoxy) is 2. The predicted octanol–water partition coefficient (Wildman–Crippen LogP) is 0.999. The molecule has 2 fully saturated rings. The summed E-state index contributed by atoms with van der Waals surface area (Å²) in [4.78, 5) is 27.0. The Kier molecular flexibility index (Phi) is 6.14. The SMILES string of the molecule is CCCN(CCO[C@@H]1CCCCO1)[C@H]1CC(=O)N(C)C1=O. The van der Waals surface area contributed by atoms with Crippen LogP contribution in [0.5, 0.6) is 0 Å². The Morgan fingerprint density at radius 1 is 1.33 bits per heavy atom. The van der Waals surface area contributed by atoms with Gasteiger partial charge in [-0.1, -0.05) is 6.92 Å². The minimum atomic E-state index is -0.321. The fourth-order valence-electron chi connectivity index (χ4n) is 2.88. The predicted molar refractivity (Wildman–Crippen MR) is 77.6 cm³/mol. The first-order chi connectivity index (χ1) is 10.1. The summed E-state index contributed by atoms with van der Waals surface area (Å²) in [6.45, 7) is 4.83. The number of likely N-dealkylation sites (N-methyl/N-ethyl adjacent to an activating group) is 1. The lowest BCUT2D eigenvalue weighted by atomic mass is 10.2. The van der Waals surface area contributed by atoms with Crippen molar-refractivity contribution >= 4 is 11.8 Å². The maximum absolute atomic E-state index is 12.1. The molecule has 2 atom stereocenters. The number of hydrogen-bond donors (Lipinski definition) is 0. The number of carbonyl (C=O) groups excluding carboxylic acids is 2. The van der Waals surface area contributed by atoms with Gasteiger partial charge in [0.2, 0.25) is 11.8 Å². The van der Waals surface area contributed by atoms with Crippen LogP contribution in [-0.2, 0) is 19.1 Å². The molecule has 0 bridgehead atoms. The van der Waals surface area contributed by atoms with E-state index in [4.69, 9.17) is 9.47 Å². The Balaban J connectivity index is 1.81. The summed E-state index contributed by atoms with van der Waals surface area (Å²) in [7, 11) is 1.56. The van der Waals surface area contributed by atoms with E-state index in [9.17, 15) is 9.59 Å². The number of rotatable bonds is 7. The number of hydrogen-bond acceptors (Lipinski definition) is 5. The third-order valence-corrected chi connectivity index (χ3v) is 4.13. The highest BCUT2D eigenvalue weighted by atomic mass is 16.7. The Morgan fingerprint density at radius 3 is 2.71 bits per heavy atom. The summed E-state index contributed by atoms with van der Waals surface area (Å²) in [5.74, 6) is -0.190. The Hall–Kier alpha value is -0.980. The van der Waals surface area contributed by atoms with Gasteiger partial charge in [-0.15, -0.1) is 0 Å². The Morgan fingerprint density at radius 2 is 2.14 bits per heavy atom. The molecular weight excluding hydrogens is 272 g/mol. The van der Waals surface area contributed by atoms with Crippen molar-refractivity contribution in [2.75, 3.05) is 33.4 Å². The van der Waals surface area contributed by atoms with Crippen LogP contribution in [0.3, 0.4) is 0 Å². The zero-order valence-corrected chi connectivity index (χ0v) is 13.0. The molecule has 6 heteroatoms. The quantitative estimate of drug-likeness (QED) is 0.656. The minimum Gasteiger partial charge on any atom is -0.353 e. The second kappa shape index (κ2) is 7.87. The first kappa shape index (κ1) is 16.4. The van der Waals surface area contributed by atoms with Gasteiger partial charge in [-0.05, 0) is 32.2 Å². The molecule has 2 rings (SSSR count). The van der Waals surface area contributed by atoms with Crippen molar-refractivity contribution in [1.82, 2.24) is 9.80 Å². The largest absolute Gasteiger partial charge is 0.353 e.